The fourth-order valence-electron chi connectivity index (χ4n) is 1.70. The van der Waals surface area contributed by atoms with Crippen molar-refractivity contribution in [3.05, 3.63) is 58.6 Å². The minimum atomic E-state index is 0.134. The predicted octanol–water partition coefficient (Wildman–Crippen LogP) is 3.88. The van der Waals surface area contributed by atoms with Crippen molar-refractivity contribution in [3.63, 3.8) is 0 Å². The first-order valence-electron chi connectivity index (χ1n) is 6.32. The molecule has 0 aromatic heterocycles. The van der Waals surface area contributed by atoms with Crippen molar-refractivity contribution in [2.45, 2.75) is 6.61 Å². The van der Waals surface area contributed by atoms with E-state index in [4.69, 9.17) is 32.2 Å². The molecule has 0 saturated carbocycles. The topological polar surface area (TPSA) is 27.7 Å². The Hall–Kier alpha value is -2.15. The molecule has 2 aromatic carbocycles. The van der Waals surface area contributed by atoms with Gasteiger partial charge in [-0.1, -0.05) is 29.7 Å². The van der Waals surface area contributed by atoms with Gasteiger partial charge < -0.3 is 14.2 Å². The second kappa shape index (κ2) is 7.58. The van der Waals surface area contributed by atoms with Gasteiger partial charge in [0.2, 0.25) is 0 Å². The second-order valence-electron chi connectivity index (χ2n) is 4.27. The van der Waals surface area contributed by atoms with Gasteiger partial charge in [0, 0.05) is 18.2 Å². The lowest BCUT2D eigenvalue weighted by molar-refractivity contribution is 0.0507. The van der Waals surface area contributed by atoms with E-state index in [9.17, 15) is 0 Å². The van der Waals surface area contributed by atoms with Crippen LogP contribution in [0.25, 0.3) is 0 Å². The Bertz CT molecular complexity index is 629. The van der Waals surface area contributed by atoms with Gasteiger partial charge in [-0.05, 0) is 29.8 Å². The van der Waals surface area contributed by atoms with Gasteiger partial charge in [-0.15, -0.1) is 6.42 Å². The van der Waals surface area contributed by atoms with E-state index in [0.717, 1.165) is 5.56 Å². The van der Waals surface area contributed by atoms with E-state index < -0.39 is 0 Å². The average Bonchev–Trinajstić information content (AvgIpc) is 2.52. The van der Waals surface area contributed by atoms with E-state index in [1.807, 2.05) is 30.3 Å². The van der Waals surface area contributed by atoms with E-state index in [2.05, 4.69) is 5.92 Å². The molecule has 0 saturated heterocycles. The third-order valence-corrected chi connectivity index (χ3v) is 3.01. The molecule has 0 unspecified atom stereocenters. The fraction of sp³-hybridized carbons (Fsp3) is 0.176. The van der Waals surface area contributed by atoms with E-state index in [1.165, 1.54) is 0 Å². The van der Waals surface area contributed by atoms with Gasteiger partial charge in [-0.2, -0.15) is 0 Å². The smallest absolute Gasteiger partial charge is 0.188 e. The minimum Gasteiger partial charge on any atom is -0.489 e. The van der Waals surface area contributed by atoms with Crippen LogP contribution >= 0.6 is 11.6 Å². The molecular weight excluding hydrogens is 288 g/mol. The van der Waals surface area contributed by atoms with Crippen molar-refractivity contribution in [2.75, 3.05) is 13.9 Å². The van der Waals surface area contributed by atoms with Gasteiger partial charge in [-0.25, -0.2) is 0 Å². The number of hydrogen-bond donors (Lipinski definition) is 0. The second-order valence-corrected chi connectivity index (χ2v) is 4.70. The summed E-state index contributed by atoms with van der Waals surface area (Å²) < 4.78 is 16.0. The lowest BCUT2D eigenvalue weighted by Gasteiger charge is -2.11. The van der Waals surface area contributed by atoms with E-state index in [0.29, 0.717) is 28.7 Å². The maximum Gasteiger partial charge on any atom is 0.188 e. The van der Waals surface area contributed by atoms with Crippen LogP contribution in [0.4, 0.5) is 0 Å². The number of hydrogen-bond acceptors (Lipinski definition) is 3. The highest BCUT2D eigenvalue weighted by Crippen LogP contribution is 2.25. The summed E-state index contributed by atoms with van der Waals surface area (Å²) in [7, 11) is 1.55. The molecule has 0 spiro atoms. The van der Waals surface area contributed by atoms with Crippen molar-refractivity contribution >= 4 is 11.6 Å². The van der Waals surface area contributed by atoms with Crippen LogP contribution in [0.2, 0.25) is 5.02 Å². The number of rotatable bonds is 6. The molecule has 2 aromatic rings. The molecule has 0 atom stereocenters. The Labute approximate surface area is 129 Å². The third-order valence-electron chi connectivity index (χ3n) is 2.76. The lowest BCUT2D eigenvalue weighted by Crippen LogP contribution is -2.01. The monoisotopic (exact) mass is 302 g/mol. The molecule has 21 heavy (non-hydrogen) atoms. The highest BCUT2D eigenvalue weighted by atomic mass is 35.5. The maximum atomic E-state index is 5.84. The molecular formula is C17H15ClO3. The van der Waals surface area contributed by atoms with Crippen LogP contribution in [-0.2, 0) is 11.3 Å². The molecule has 3 nitrogen and oxygen atoms in total. The summed E-state index contributed by atoms with van der Waals surface area (Å²) in [5, 5.41) is 0.701. The molecule has 0 fully saturated rings. The zero-order valence-electron chi connectivity index (χ0n) is 11.6. The van der Waals surface area contributed by atoms with Crippen LogP contribution in [0.15, 0.2) is 42.5 Å². The van der Waals surface area contributed by atoms with Gasteiger partial charge in [0.05, 0.1) is 5.56 Å². The number of methoxy groups -OCH3 is 1. The van der Waals surface area contributed by atoms with Crippen LogP contribution < -0.4 is 9.47 Å². The maximum absolute atomic E-state index is 5.84. The molecule has 0 amide bonds. The van der Waals surface area contributed by atoms with Gasteiger partial charge >= 0.3 is 0 Å². The fourth-order valence-corrected chi connectivity index (χ4v) is 1.83. The lowest BCUT2D eigenvalue weighted by atomic mass is 10.2. The first kappa shape index (κ1) is 15.2. The number of ether oxygens (including phenoxy) is 3. The van der Waals surface area contributed by atoms with Crippen molar-refractivity contribution in [1.82, 2.24) is 0 Å². The summed E-state index contributed by atoms with van der Waals surface area (Å²) in [6, 6.07) is 12.8. The number of halogens is 1. The Morgan fingerprint density at radius 3 is 2.52 bits per heavy atom. The van der Waals surface area contributed by atoms with Gasteiger partial charge in [0.25, 0.3) is 0 Å². The van der Waals surface area contributed by atoms with Crippen molar-refractivity contribution in [2.24, 2.45) is 0 Å². The van der Waals surface area contributed by atoms with Crippen molar-refractivity contribution < 1.29 is 14.2 Å². The zero-order valence-corrected chi connectivity index (χ0v) is 12.4. The summed E-state index contributed by atoms with van der Waals surface area (Å²) in [4.78, 5) is 0. The summed E-state index contributed by atoms with van der Waals surface area (Å²) in [5.74, 6) is 3.80. The molecule has 0 aliphatic heterocycles. The Morgan fingerprint density at radius 2 is 1.86 bits per heavy atom. The van der Waals surface area contributed by atoms with Crippen LogP contribution in [0.5, 0.6) is 11.5 Å². The molecule has 0 heterocycles. The Balaban J connectivity index is 2.06. The summed E-state index contributed by atoms with van der Waals surface area (Å²) in [6.07, 6.45) is 5.43. The van der Waals surface area contributed by atoms with Gasteiger partial charge in [0.1, 0.15) is 18.1 Å². The summed E-state index contributed by atoms with van der Waals surface area (Å²) in [6.45, 7) is 0.575. The van der Waals surface area contributed by atoms with Crippen molar-refractivity contribution in [1.29, 1.82) is 0 Å². The quantitative estimate of drug-likeness (QED) is 0.598. The SMILES string of the molecule is C#Cc1ccc(OCc2ccc(Cl)cc2)cc1OCOC. The first-order chi connectivity index (χ1) is 10.2. The van der Waals surface area contributed by atoms with E-state index >= 15 is 0 Å². The van der Waals surface area contributed by atoms with E-state index in [1.54, 1.807) is 19.2 Å². The van der Waals surface area contributed by atoms with Crippen LogP contribution in [0.1, 0.15) is 11.1 Å². The molecule has 0 aliphatic rings. The third kappa shape index (κ3) is 4.42. The first-order valence-corrected chi connectivity index (χ1v) is 6.70. The Morgan fingerprint density at radius 1 is 1.10 bits per heavy atom. The number of benzene rings is 2. The standard InChI is InChI=1S/C17H15ClO3/c1-3-14-6-9-16(10-17(14)21-12-19-2)20-11-13-4-7-15(18)8-5-13/h1,4-10H,11-12H2,2H3. The molecule has 0 N–H and O–H groups in total. The zero-order chi connectivity index (χ0) is 15.1. The highest BCUT2D eigenvalue weighted by molar-refractivity contribution is 6.30. The minimum absolute atomic E-state index is 0.134. The van der Waals surface area contributed by atoms with Crippen LogP contribution in [0.3, 0.4) is 0 Å². The molecule has 0 aliphatic carbocycles. The van der Waals surface area contributed by atoms with Crippen LogP contribution in [-0.4, -0.2) is 13.9 Å². The molecule has 0 radical (unpaired) electrons. The Kier molecular flexibility index (Phi) is 5.51. The van der Waals surface area contributed by atoms with Gasteiger partial charge in [-0.3, -0.25) is 0 Å². The average molecular weight is 303 g/mol. The normalized spacial score (nSPS) is 9.95. The predicted molar refractivity (Wildman–Crippen MR) is 82.7 cm³/mol. The molecule has 0 bridgehead atoms. The highest BCUT2D eigenvalue weighted by Gasteiger charge is 2.05. The molecule has 4 heteroatoms. The largest absolute Gasteiger partial charge is 0.489 e. The summed E-state index contributed by atoms with van der Waals surface area (Å²) in [5.41, 5.74) is 1.69. The van der Waals surface area contributed by atoms with Crippen LogP contribution in [0, 0.1) is 12.3 Å². The number of terminal acetylenes is 1. The van der Waals surface area contributed by atoms with E-state index in [-0.39, 0.29) is 6.79 Å². The molecule has 108 valence electrons. The molecule has 2 rings (SSSR count). The van der Waals surface area contributed by atoms with Gasteiger partial charge in [0.15, 0.2) is 6.79 Å². The summed E-state index contributed by atoms with van der Waals surface area (Å²) >= 11 is 5.84. The van der Waals surface area contributed by atoms with Crippen molar-refractivity contribution in [3.8, 4) is 23.8 Å².